The summed E-state index contributed by atoms with van der Waals surface area (Å²) in [4.78, 5) is 8.88. The largest absolute Gasteiger partial charge is 0.289 e. The van der Waals surface area contributed by atoms with Crippen LogP contribution in [0.2, 0.25) is 0 Å². The molecule has 0 atom stereocenters. The van der Waals surface area contributed by atoms with Crippen molar-refractivity contribution in [1.29, 1.82) is 0 Å². The van der Waals surface area contributed by atoms with Gasteiger partial charge in [-0.2, -0.15) is 0 Å². The van der Waals surface area contributed by atoms with Gasteiger partial charge in [-0.15, -0.1) is 0 Å². The number of hydrogen-bond acceptors (Lipinski definition) is 6. The Labute approximate surface area is 126 Å². The van der Waals surface area contributed by atoms with E-state index >= 15 is 0 Å². The van der Waals surface area contributed by atoms with Crippen LogP contribution in [0.25, 0.3) is 0 Å². The van der Waals surface area contributed by atoms with Crippen LogP contribution in [-0.4, -0.2) is 33.3 Å². The molecule has 1 aromatic rings. The number of benzene rings is 1. The fourth-order valence-electron chi connectivity index (χ4n) is 1.23. The van der Waals surface area contributed by atoms with Crippen LogP contribution in [-0.2, 0) is 18.9 Å². The van der Waals surface area contributed by atoms with Crippen molar-refractivity contribution in [3.8, 4) is 0 Å². The summed E-state index contributed by atoms with van der Waals surface area (Å²) in [5.41, 5.74) is -0.856. The van der Waals surface area contributed by atoms with Crippen LogP contribution < -0.4 is 0 Å². The predicted octanol–water partition coefficient (Wildman–Crippen LogP) is 1.84. The second kappa shape index (κ2) is 5.92. The van der Waals surface area contributed by atoms with Gasteiger partial charge >= 0.3 is 0 Å². The van der Waals surface area contributed by atoms with E-state index in [2.05, 4.69) is 15.9 Å². The molecule has 0 spiro atoms. The van der Waals surface area contributed by atoms with E-state index in [1.165, 1.54) is 0 Å². The van der Waals surface area contributed by atoms with E-state index in [1.807, 2.05) is 0 Å². The number of sulfone groups is 1. The molecule has 0 radical (unpaired) electrons. The molecule has 0 aliphatic carbocycles. The van der Waals surface area contributed by atoms with Gasteiger partial charge < -0.3 is 0 Å². The Morgan fingerprint density at radius 2 is 1.80 bits per heavy atom. The average Bonchev–Trinajstić information content (AvgIpc) is 2.28. The minimum atomic E-state index is -4.37. The van der Waals surface area contributed by atoms with Crippen LogP contribution in [0.3, 0.4) is 0 Å². The van der Waals surface area contributed by atoms with Crippen molar-refractivity contribution in [2.75, 3.05) is 11.5 Å². The van der Waals surface area contributed by atoms with Crippen molar-refractivity contribution < 1.29 is 26.1 Å². The maximum atomic E-state index is 13.3. The van der Waals surface area contributed by atoms with E-state index in [-0.39, 0.29) is 4.47 Å². The molecule has 0 fully saturated rings. The minimum Gasteiger partial charge on any atom is -0.258 e. The molecular formula is C8H6BrClFNO6S2. The molecule has 0 aliphatic rings. The van der Waals surface area contributed by atoms with E-state index in [0.29, 0.717) is 12.1 Å². The molecule has 0 heterocycles. The lowest BCUT2D eigenvalue weighted by molar-refractivity contribution is -0.388. The van der Waals surface area contributed by atoms with Gasteiger partial charge in [-0.25, -0.2) is 21.2 Å². The van der Waals surface area contributed by atoms with Crippen molar-refractivity contribution in [2.24, 2.45) is 0 Å². The third-order valence-electron chi connectivity index (χ3n) is 2.13. The first kappa shape index (κ1) is 17.3. The first-order valence-corrected chi connectivity index (χ1v) is 9.65. The third kappa shape index (κ3) is 4.36. The highest BCUT2D eigenvalue weighted by molar-refractivity contribution is 9.10. The molecule has 20 heavy (non-hydrogen) atoms. The SMILES string of the molecule is O=[N+]([O-])c1cc(Br)c(F)cc1S(=O)(=O)CCS(=O)(=O)Cl. The van der Waals surface area contributed by atoms with Crippen LogP contribution in [0, 0.1) is 15.9 Å². The van der Waals surface area contributed by atoms with Crippen LogP contribution >= 0.6 is 26.6 Å². The highest BCUT2D eigenvalue weighted by Crippen LogP contribution is 2.30. The summed E-state index contributed by atoms with van der Waals surface area (Å²) in [7, 11) is -3.59. The van der Waals surface area contributed by atoms with Crippen LogP contribution in [0.1, 0.15) is 0 Å². The molecule has 0 N–H and O–H groups in total. The van der Waals surface area contributed by atoms with E-state index in [4.69, 9.17) is 10.7 Å². The summed E-state index contributed by atoms with van der Waals surface area (Å²) in [5.74, 6) is -2.95. The third-order valence-corrected chi connectivity index (χ3v) is 5.89. The standard InChI is InChI=1S/C8H6BrClFNO6S2/c9-5-3-7(12(13)14)8(4-6(5)11)19(15,16)1-2-20(10,17)18/h3-4H,1-2H2. The summed E-state index contributed by atoms with van der Waals surface area (Å²) < 4.78 is 58.3. The zero-order chi connectivity index (χ0) is 15.7. The molecule has 112 valence electrons. The van der Waals surface area contributed by atoms with Crippen LogP contribution in [0.15, 0.2) is 21.5 Å². The molecule has 0 aliphatic heterocycles. The van der Waals surface area contributed by atoms with E-state index in [9.17, 15) is 31.3 Å². The number of rotatable bonds is 5. The van der Waals surface area contributed by atoms with Gasteiger partial charge in [-0.1, -0.05) is 0 Å². The molecule has 0 unspecified atom stereocenters. The summed E-state index contributed by atoms with van der Waals surface area (Å²) >= 11 is 2.69. The molecular weight excluding hydrogens is 405 g/mol. The predicted molar refractivity (Wildman–Crippen MR) is 72.4 cm³/mol. The Bertz CT molecular complexity index is 763. The van der Waals surface area contributed by atoms with E-state index in [1.54, 1.807) is 0 Å². The van der Waals surface area contributed by atoms with Crippen LogP contribution in [0.5, 0.6) is 0 Å². The number of nitro groups is 1. The summed E-state index contributed by atoms with van der Waals surface area (Å²) in [6.07, 6.45) is 0. The second-order valence-electron chi connectivity index (χ2n) is 3.55. The topological polar surface area (TPSA) is 111 Å². The van der Waals surface area contributed by atoms with Crippen LogP contribution in [0.4, 0.5) is 10.1 Å². The number of hydrogen-bond donors (Lipinski definition) is 0. The smallest absolute Gasteiger partial charge is 0.258 e. The zero-order valence-corrected chi connectivity index (χ0v) is 13.4. The van der Waals surface area contributed by atoms with E-state index in [0.717, 1.165) is 0 Å². The average molecular weight is 411 g/mol. The Morgan fingerprint density at radius 3 is 2.25 bits per heavy atom. The lowest BCUT2D eigenvalue weighted by Crippen LogP contribution is -2.16. The molecule has 0 aromatic heterocycles. The summed E-state index contributed by atoms with van der Waals surface area (Å²) in [5, 5.41) is 10.8. The molecule has 12 heteroatoms. The molecule has 0 amide bonds. The Morgan fingerprint density at radius 1 is 1.25 bits per heavy atom. The Hall–Kier alpha value is -0.780. The van der Waals surface area contributed by atoms with Crippen molar-refractivity contribution >= 4 is 51.2 Å². The molecule has 1 aromatic carbocycles. The quantitative estimate of drug-likeness (QED) is 0.416. The Balaban J connectivity index is 3.37. The summed E-state index contributed by atoms with van der Waals surface area (Å²) in [6.45, 7) is 0. The van der Waals surface area contributed by atoms with Gasteiger partial charge in [0.05, 0.1) is 20.9 Å². The second-order valence-corrected chi connectivity index (χ2v) is 9.38. The van der Waals surface area contributed by atoms with Gasteiger partial charge in [0.2, 0.25) is 9.05 Å². The normalized spacial score (nSPS) is 12.3. The molecule has 0 saturated carbocycles. The lowest BCUT2D eigenvalue weighted by Gasteiger charge is -2.05. The highest BCUT2D eigenvalue weighted by atomic mass is 79.9. The minimum absolute atomic E-state index is 0.284. The molecule has 1 rings (SSSR count). The first-order valence-electron chi connectivity index (χ1n) is 4.72. The van der Waals surface area contributed by atoms with Crippen molar-refractivity contribution in [1.82, 2.24) is 0 Å². The van der Waals surface area contributed by atoms with Gasteiger partial charge in [0.15, 0.2) is 9.84 Å². The van der Waals surface area contributed by atoms with Gasteiger partial charge in [-0.3, -0.25) is 10.1 Å². The highest BCUT2D eigenvalue weighted by Gasteiger charge is 2.29. The first-order chi connectivity index (χ1) is 8.94. The fourth-order valence-corrected chi connectivity index (χ4v) is 4.76. The molecule has 7 nitrogen and oxygen atoms in total. The number of halogens is 3. The zero-order valence-electron chi connectivity index (χ0n) is 9.42. The van der Waals surface area contributed by atoms with Crippen molar-refractivity contribution in [3.05, 3.63) is 32.5 Å². The molecule has 0 bridgehead atoms. The van der Waals surface area contributed by atoms with Crippen molar-refractivity contribution in [3.63, 3.8) is 0 Å². The van der Waals surface area contributed by atoms with Gasteiger partial charge in [0.25, 0.3) is 5.69 Å². The maximum Gasteiger partial charge on any atom is 0.289 e. The van der Waals surface area contributed by atoms with Crippen molar-refractivity contribution in [2.45, 2.75) is 4.90 Å². The number of nitrogens with zero attached hydrogens (tertiary/aromatic N) is 1. The lowest BCUT2D eigenvalue weighted by atomic mass is 10.3. The van der Waals surface area contributed by atoms with Gasteiger partial charge in [0, 0.05) is 22.8 Å². The Kier molecular flexibility index (Phi) is 5.11. The van der Waals surface area contributed by atoms with E-state index < -0.39 is 51.7 Å². The fraction of sp³-hybridized carbons (Fsp3) is 0.250. The number of nitro benzene ring substituents is 1. The maximum absolute atomic E-state index is 13.3. The monoisotopic (exact) mass is 409 g/mol. The molecule has 0 saturated heterocycles. The van der Waals surface area contributed by atoms with Gasteiger partial charge in [0.1, 0.15) is 10.7 Å². The summed E-state index contributed by atoms with van der Waals surface area (Å²) in [6, 6.07) is 1.15. The van der Waals surface area contributed by atoms with Gasteiger partial charge in [-0.05, 0) is 15.9 Å².